The number of methoxy groups -OCH3 is 1. The van der Waals surface area contributed by atoms with Gasteiger partial charge in [0, 0.05) is 25.7 Å². The van der Waals surface area contributed by atoms with Crippen molar-refractivity contribution in [3.8, 4) is 5.75 Å². The van der Waals surface area contributed by atoms with Gasteiger partial charge in [-0.3, -0.25) is 0 Å². The van der Waals surface area contributed by atoms with Gasteiger partial charge in [-0.15, -0.1) is 0 Å². The number of piperidine rings is 1. The van der Waals surface area contributed by atoms with Crippen molar-refractivity contribution < 1.29 is 17.5 Å². The molecule has 0 saturated carbocycles. The van der Waals surface area contributed by atoms with Crippen LogP contribution in [0.3, 0.4) is 0 Å². The van der Waals surface area contributed by atoms with Crippen molar-refractivity contribution in [3.05, 3.63) is 23.5 Å². The van der Waals surface area contributed by atoms with E-state index in [1.165, 1.54) is 30.5 Å². The molecule has 1 atom stereocenters. The third-order valence-electron chi connectivity index (χ3n) is 4.45. The minimum atomic E-state index is -3.71. The van der Waals surface area contributed by atoms with Gasteiger partial charge in [0.1, 0.15) is 0 Å². The summed E-state index contributed by atoms with van der Waals surface area (Å²) in [6.45, 7) is 3.85. The number of rotatable bonds is 5. The fraction of sp³-hybridized carbons (Fsp3) is 0.625. The van der Waals surface area contributed by atoms with Gasteiger partial charge >= 0.3 is 0 Å². The van der Waals surface area contributed by atoms with Gasteiger partial charge in [0.15, 0.2) is 11.6 Å². The number of sulfonamides is 1. The van der Waals surface area contributed by atoms with Crippen molar-refractivity contribution in [2.75, 3.05) is 40.8 Å². The van der Waals surface area contributed by atoms with Crippen molar-refractivity contribution >= 4 is 10.0 Å². The maximum atomic E-state index is 14.2. The van der Waals surface area contributed by atoms with Crippen LogP contribution in [0.2, 0.25) is 0 Å². The van der Waals surface area contributed by atoms with Crippen molar-refractivity contribution in [2.45, 2.75) is 24.7 Å². The molecule has 1 saturated heterocycles. The summed E-state index contributed by atoms with van der Waals surface area (Å²) in [6.07, 6.45) is 2.09. The molecule has 1 aromatic carbocycles. The largest absolute Gasteiger partial charge is 0.494 e. The van der Waals surface area contributed by atoms with Crippen LogP contribution in [-0.2, 0) is 10.0 Å². The Balaban J connectivity index is 2.22. The molecular weight excluding hydrogens is 319 g/mol. The molecule has 0 N–H and O–H groups in total. The van der Waals surface area contributed by atoms with E-state index < -0.39 is 15.8 Å². The first-order valence-corrected chi connectivity index (χ1v) is 9.19. The van der Waals surface area contributed by atoms with Crippen LogP contribution in [0, 0.1) is 18.7 Å². The SMILES string of the molecule is COc1ccc(S(=O)(=O)N(C)C[C@@H]2CCCN(C)C2)c(C)c1F. The Kier molecular flexibility index (Phi) is 5.65. The third-order valence-corrected chi connectivity index (χ3v) is 6.41. The zero-order valence-corrected chi connectivity index (χ0v) is 15.0. The molecule has 130 valence electrons. The molecule has 7 heteroatoms. The zero-order chi connectivity index (χ0) is 17.2. The second kappa shape index (κ2) is 7.15. The monoisotopic (exact) mass is 344 g/mol. The standard InChI is InChI=1S/C16H25FN2O3S/c1-12-15(8-7-14(22-4)16(12)17)23(20,21)19(3)11-13-6-5-9-18(2)10-13/h7-8,13H,5-6,9-11H2,1-4H3/t13-/m1/s1. The number of halogens is 1. The molecule has 1 fully saturated rings. The van der Waals surface area contributed by atoms with E-state index >= 15 is 0 Å². The van der Waals surface area contributed by atoms with E-state index in [1.54, 1.807) is 7.05 Å². The smallest absolute Gasteiger partial charge is 0.243 e. The number of benzene rings is 1. The summed E-state index contributed by atoms with van der Waals surface area (Å²) in [7, 11) is 1.25. The topological polar surface area (TPSA) is 49.9 Å². The van der Waals surface area contributed by atoms with E-state index in [2.05, 4.69) is 4.90 Å². The fourth-order valence-corrected chi connectivity index (χ4v) is 4.59. The number of hydrogen-bond donors (Lipinski definition) is 0. The molecule has 1 aliphatic heterocycles. The van der Waals surface area contributed by atoms with Crippen LogP contribution < -0.4 is 4.74 Å². The minimum absolute atomic E-state index is 0.00228. The molecule has 2 rings (SSSR count). The van der Waals surface area contributed by atoms with Crippen molar-refractivity contribution in [1.29, 1.82) is 0 Å². The number of likely N-dealkylation sites (tertiary alicyclic amines) is 1. The summed E-state index contributed by atoms with van der Waals surface area (Å²) < 4.78 is 45.9. The van der Waals surface area contributed by atoms with Crippen molar-refractivity contribution in [2.24, 2.45) is 5.92 Å². The Morgan fingerprint density at radius 3 is 2.74 bits per heavy atom. The van der Waals surface area contributed by atoms with E-state index in [0.717, 1.165) is 25.9 Å². The van der Waals surface area contributed by atoms with Gasteiger partial charge in [0.25, 0.3) is 0 Å². The molecule has 0 aromatic heterocycles. The second-order valence-corrected chi connectivity index (χ2v) is 8.27. The maximum absolute atomic E-state index is 14.2. The molecule has 1 aromatic rings. The van der Waals surface area contributed by atoms with Crippen molar-refractivity contribution in [3.63, 3.8) is 0 Å². The highest BCUT2D eigenvalue weighted by atomic mass is 32.2. The molecule has 0 bridgehead atoms. The summed E-state index contributed by atoms with van der Waals surface area (Å²) in [5.74, 6) is -0.269. The van der Waals surface area contributed by atoms with Gasteiger partial charge in [-0.05, 0) is 51.4 Å². The number of nitrogens with zero attached hydrogens (tertiary/aromatic N) is 2. The van der Waals surface area contributed by atoms with Crippen LogP contribution in [-0.4, -0.2) is 58.5 Å². The predicted octanol–water partition coefficient (Wildman–Crippen LogP) is 2.11. The third kappa shape index (κ3) is 3.84. The summed E-state index contributed by atoms with van der Waals surface area (Å²) in [4.78, 5) is 2.22. The molecule has 0 amide bonds. The highest BCUT2D eigenvalue weighted by Gasteiger charge is 2.28. The number of hydrogen-bond acceptors (Lipinski definition) is 4. The van der Waals surface area contributed by atoms with E-state index in [9.17, 15) is 12.8 Å². The average molecular weight is 344 g/mol. The van der Waals surface area contributed by atoms with Crippen LogP contribution in [0.5, 0.6) is 5.75 Å². The Morgan fingerprint density at radius 2 is 2.13 bits per heavy atom. The fourth-order valence-electron chi connectivity index (χ4n) is 3.13. The van der Waals surface area contributed by atoms with Gasteiger partial charge in [-0.2, -0.15) is 0 Å². The van der Waals surface area contributed by atoms with Crippen LogP contribution in [0.4, 0.5) is 4.39 Å². The van der Waals surface area contributed by atoms with Crippen LogP contribution in [0.1, 0.15) is 18.4 Å². The second-order valence-electron chi connectivity index (χ2n) is 6.26. The summed E-state index contributed by atoms with van der Waals surface area (Å²) in [6, 6.07) is 2.77. The Morgan fingerprint density at radius 1 is 1.43 bits per heavy atom. The van der Waals surface area contributed by atoms with E-state index in [4.69, 9.17) is 4.74 Å². The van der Waals surface area contributed by atoms with Gasteiger partial charge in [-0.25, -0.2) is 17.1 Å². The summed E-state index contributed by atoms with van der Waals surface area (Å²) in [5, 5.41) is 0. The molecule has 0 spiro atoms. The molecule has 5 nitrogen and oxygen atoms in total. The quantitative estimate of drug-likeness (QED) is 0.821. The lowest BCUT2D eigenvalue weighted by molar-refractivity contribution is 0.192. The lowest BCUT2D eigenvalue weighted by Crippen LogP contribution is -2.40. The average Bonchev–Trinajstić information content (AvgIpc) is 2.49. The van der Waals surface area contributed by atoms with Crippen LogP contribution in [0.15, 0.2) is 17.0 Å². The van der Waals surface area contributed by atoms with Crippen LogP contribution in [0.25, 0.3) is 0 Å². The molecule has 23 heavy (non-hydrogen) atoms. The van der Waals surface area contributed by atoms with Crippen molar-refractivity contribution in [1.82, 2.24) is 9.21 Å². The predicted molar refractivity (Wildman–Crippen MR) is 87.7 cm³/mol. The first-order valence-electron chi connectivity index (χ1n) is 7.75. The molecule has 1 heterocycles. The van der Waals surface area contributed by atoms with Gasteiger partial charge < -0.3 is 9.64 Å². The maximum Gasteiger partial charge on any atom is 0.243 e. The highest BCUT2D eigenvalue weighted by molar-refractivity contribution is 7.89. The van der Waals surface area contributed by atoms with E-state index in [0.29, 0.717) is 12.5 Å². The van der Waals surface area contributed by atoms with E-state index in [1.807, 2.05) is 7.05 Å². The Bertz CT molecular complexity index is 664. The molecule has 1 aliphatic rings. The highest BCUT2D eigenvalue weighted by Crippen LogP contribution is 2.28. The van der Waals surface area contributed by atoms with Gasteiger partial charge in [0.05, 0.1) is 12.0 Å². The zero-order valence-electron chi connectivity index (χ0n) is 14.2. The van der Waals surface area contributed by atoms with Gasteiger partial charge in [-0.1, -0.05) is 0 Å². The molecule has 0 unspecified atom stereocenters. The number of ether oxygens (including phenoxy) is 1. The van der Waals surface area contributed by atoms with E-state index in [-0.39, 0.29) is 16.2 Å². The van der Waals surface area contributed by atoms with Crippen LogP contribution >= 0.6 is 0 Å². The Hall–Kier alpha value is -1.18. The first-order chi connectivity index (χ1) is 10.8. The Labute approximate surface area is 138 Å². The summed E-state index contributed by atoms with van der Waals surface area (Å²) in [5.41, 5.74) is 0.0944. The van der Waals surface area contributed by atoms with Gasteiger partial charge in [0.2, 0.25) is 10.0 Å². The lowest BCUT2D eigenvalue weighted by Gasteiger charge is -2.32. The lowest BCUT2D eigenvalue weighted by atomic mass is 9.99. The molecular formula is C16H25FN2O3S. The normalized spacial score (nSPS) is 20.0. The molecule has 0 radical (unpaired) electrons. The summed E-state index contributed by atoms with van der Waals surface area (Å²) >= 11 is 0. The molecule has 0 aliphatic carbocycles. The first kappa shape index (κ1) is 18.2. The minimum Gasteiger partial charge on any atom is -0.494 e.